The number of anilines is 1. The second-order valence-electron chi connectivity index (χ2n) is 6.14. The number of allylic oxidation sites excluding steroid dienone is 2. The lowest BCUT2D eigenvalue weighted by molar-refractivity contribution is 1.00. The lowest BCUT2D eigenvalue weighted by Crippen LogP contribution is -2.20. The number of fused-ring (bicyclic) bond motifs is 3. The zero-order valence-electron chi connectivity index (χ0n) is 13.7. The van der Waals surface area contributed by atoms with Gasteiger partial charge in [0.05, 0.1) is 16.7 Å². The topological polar surface area (TPSA) is 21.1 Å². The van der Waals surface area contributed by atoms with E-state index in [0.717, 1.165) is 18.1 Å². The Balaban J connectivity index is 1.85. The van der Waals surface area contributed by atoms with Crippen LogP contribution in [-0.4, -0.2) is 16.1 Å². The van der Waals surface area contributed by atoms with Gasteiger partial charge in [-0.2, -0.15) is 0 Å². The van der Waals surface area contributed by atoms with Gasteiger partial charge in [0.2, 0.25) is 0 Å². The molecule has 2 aromatic heterocycles. The van der Waals surface area contributed by atoms with Crippen LogP contribution in [0.15, 0.2) is 91.3 Å². The Morgan fingerprint density at radius 1 is 0.760 bits per heavy atom. The molecule has 3 heteroatoms. The van der Waals surface area contributed by atoms with E-state index in [1.165, 1.54) is 21.8 Å². The van der Waals surface area contributed by atoms with Crippen LogP contribution in [0.25, 0.3) is 27.5 Å². The van der Waals surface area contributed by atoms with Gasteiger partial charge in [-0.05, 0) is 30.3 Å². The largest absolute Gasteiger partial charge is 0.327 e. The molecule has 4 aromatic rings. The summed E-state index contributed by atoms with van der Waals surface area (Å²) in [4.78, 5) is 6.87. The van der Waals surface area contributed by atoms with Gasteiger partial charge < -0.3 is 9.47 Å². The third kappa shape index (κ3) is 2.17. The first kappa shape index (κ1) is 14.1. The minimum atomic E-state index is 0.831. The van der Waals surface area contributed by atoms with E-state index >= 15 is 0 Å². The van der Waals surface area contributed by atoms with Crippen molar-refractivity contribution in [3.63, 3.8) is 0 Å². The number of aromatic nitrogens is 2. The van der Waals surface area contributed by atoms with Crippen molar-refractivity contribution >= 4 is 27.6 Å². The van der Waals surface area contributed by atoms with E-state index in [9.17, 15) is 0 Å². The zero-order valence-corrected chi connectivity index (χ0v) is 13.7. The van der Waals surface area contributed by atoms with Gasteiger partial charge in [0.25, 0.3) is 0 Å². The molecule has 2 aromatic carbocycles. The highest BCUT2D eigenvalue weighted by molar-refractivity contribution is 6.09. The zero-order chi connectivity index (χ0) is 16.6. The van der Waals surface area contributed by atoms with E-state index in [1.807, 2.05) is 18.3 Å². The summed E-state index contributed by atoms with van der Waals surface area (Å²) in [5.41, 5.74) is 3.50. The summed E-state index contributed by atoms with van der Waals surface area (Å²) in [6.45, 7) is 0.831. The van der Waals surface area contributed by atoms with E-state index in [0.29, 0.717) is 0 Å². The van der Waals surface area contributed by atoms with E-state index in [1.54, 1.807) is 0 Å². The first-order chi connectivity index (χ1) is 12.4. The van der Waals surface area contributed by atoms with E-state index in [2.05, 4.69) is 82.4 Å². The van der Waals surface area contributed by atoms with E-state index < -0.39 is 0 Å². The average Bonchev–Trinajstić information content (AvgIpc) is 3.03. The van der Waals surface area contributed by atoms with E-state index in [-0.39, 0.29) is 0 Å². The summed E-state index contributed by atoms with van der Waals surface area (Å²) in [5, 5.41) is 2.53. The monoisotopic (exact) mass is 323 g/mol. The molecule has 0 spiro atoms. The van der Waals surface area contributed by atoms with Gasteiger partial charge in [-0.1, -0.05) is 48.6 Å². The summed E-state index contributed by atoms with van der Waals surface area (Å²) in [5.74, 6) is 0.967. The van der Waals surface area contributed by atoms with Gasteiger partial charge >= 0.3 is 0 Å². The Morgan fingerprint density at radius 3 is 2.16 bits per heavy atom. The van der Waals surface area contributed by atoms with Crippen molar-refractivity contribution in [1.82, 2.24) is 9.55 Å². The number of nitrogens with zero attached hydrogens (tertiary/aromatic N) is 3. The Bertz CT molecular complexity index is 1080. The summed E-state index contributed by atoms with van der Waals surface area (Å²) in [6.07, 6.45) is 10.2. The normalized spacial score (nSPS) is 13.8. The third-order valence-corrected chi connectivity index (χ3v) is 4.67. The molecule has 1 aliphatic rings. The minimum absolute atomic E-state index is 0.831. The summed E-state index contributed by atoms with van der Waals surface area (Å²) >= 11 is 0. The SMILES string of the molecule is C1=CCN(c2ncccc2-n2c3ccccc3c3ccccc32)C=C1. The van der Waals surface area contributed by atoms with Gasteiger partial charge in [-0.3, -0.25) is 0 Å². The second-order valence-corrected chi connectivity index (χ2v) is 6.14. The highest BCUT2D eigenvalue weighted by Gasteiger charge is 2.17. The molecule has 1 aliphatic heterocycles. The first-order valence-corrected chi connectivity index (χ1v) is 8.47. The quantitative estimate of drug-likeness (QED) is 0.513. The molecule has 0 aliphatic carbocycles. The molecule has 120 valence electrons. The predicted octanol–water partition coefficient (Wildman–Crippen LogP) is 5.07. The predicted molar refractivity (Wildman–Crippen MR) is 104 cm³/mol. The van der Waals surface area contributed by atoms with Crippen molar-refractivity contribution in [2.24, 2.45) is 0 Å². The van der Waals surface area contributed by atoms with Crippen molar-refractivity contribution in [1.29, 1.82) is 0 Å². The minimum Gasteiger partial charge on any atom is -0.327 e. The summed E-state index contributed by atoms with van der Waals surface area (Å²) in [7, 11) is 0. The van der Waals surface area contributed by atoms with Crippen LogP contribution in [0.5, 0.6) is 0 Å². The van der Waals surface area contributed by atoms with Crippen LogP contribution in [-0.2, 0) is 0 Å². The molecule has 0 N–H and O–H groups in total. The number of benzene rings is 2. The fourth-order valence-electron chi connectivity index (χ4n) is 3.59. The van der Waals surface area contributed by atoms with Crippen LogP contribution >= 0.6 is 0 Å². The molecule has 3 heterocycles. The van der Waals surface area contributed by atoms with Gasteiger partial charge in [0, 0.05) is 29.7 Å². The molecular formula is C22H17N3. The van der Waals surface area contributed by atoms with Crippen molar-refractivity contribution in [3.8, 4) is 5.69 Å². The van der Waals surface area contributed by atoms with Crippen LogP contribution in [0.1, 0.15) is 0 Å². The molecule has 0 atom stereocenters. The number of rotatable bonds is 2. The van der Waals surface area contributed by atoms with Gasteiger partial charge in [0.1, 0.15) is 0 Å². The maximum atomic E-state index is 4.69. The van der Waals surface area contributed by atoms with Gasteiger partial charge in [-0.15, -0.1) is 0 Å². The molecule has 0 saturated heterocycles. The second kappa shape index (κ2) is 5.64. The number of hydrogen-bond donors (Lipinski definition) is 0. The van der Waals surface area contributed by atoms with Crippen LogP contribution < -0.4 is 4.90 Å². The highest BCUT2D eigenvalue weighted by Crippen LogP contribution is 2.34. The molecule has 0 unspecified atom stereocenters. The Kier molecular flexibility index (Phi) is 3.17. The lowest BCUT2D eigenvalue weighted by atomic mass is 10.2. The average molecular weight is 323 g/mol. The molecule has 0 fully saturated rings. The van der Waals surface area contributed by atoms with Crippen LogP contribution in [0, 0.1) is 0 Å². The van der Waals surface area contributed by atoms with Gasteiger partial charge in [-0.25, -0.2) is 4.98 Å². The van der Waals surface area contributed by atoms with Crippen molar-refractivity contribution in [3.05, 3.63) is 91.3 Å². The number of pyridine rings is 1. The molecule has 25 heavy (non-hydrogen) atoms. The Hall–Kier alpha value is -3.33. The van der Waals surface area contributed by atoms with Crippen molar-refractivity contribution in [2.45, 2.75) is 0 Å². The number of hydrogen-bond acceptors (Lipinski definition) is 2. The maximum absolute atomic E-state index is 4.69. The maximum Gasteiger partial charge on any atom is 0.157 e. The Labute approximate surface area is 146 Å². The van der Waals surface area contributed by atoms with E-state index in [4.69, 9.17) is 4.98 Å². The summed E-state index contributed by atoms with van der Waals surface area (Å²) in [6, 6.07) is 21.3. The highest BCUT2D eigenvalue weighted by atomic mass is 15.2. The Morgan fingerprint density at radius 2 is 1.48 bits per heavy atom. The molecule has 5 rings (SSSR count). The standard InChI is InChI=1S/C22H17N3/c1-6-15-24(16-7-1)22-21(13-8-14-23-22)25-19-11-4-2-9-17(19)18-10-3-5-12-20(18)25/h1-15H,16H2. The lowest BCUT2D eigenvalue weighted by Gasteiger charge is -2.23. The van der Waals surface area contributed by atoms with Crippen LogP contribution in [0.4, 0.5) is 5.82 Å². The third-order valence-electron chi connectivity index (χ3n) is 4.67. The molecular weight excluding hydrogens is 306 g/mol. The number of para-hydroxylation sites is 2. The first-order valence-electron chi connectivity index (χ1n) is 8.47. The fraction of sp³-hybridized carbons (Fsp3) is 0.0455. The molecule has 0 saturated carbocycles. The fourth-order valence-corrected chi connectivity index (χ4v) is 3.59. The van der Waals surface area contributed by atoms with Gasteiger partial charge in [0.15, 0.2) is 5.82 Å². The van der Waals surface area contributed by atoms with Crippen LogP contribution in [0.3, 0.4) is 0 Å². The van der Waals surface area contributed by atoms with Crippen LogP contribution in [0.2, 0.25) is 0 Å². The van der Waals surface area contributed by atoms with Crippen molar-refractivity contribution in [2.75, 3.05) is 11.4 Å². The molecule has 0 radical (unpaired) electrons. The molecule has 0 bridgehead atoms. The smallest absolute Gasteiger partial charge is 0.157 e. The van der Waals surface area contributed by atoms with Crippen molar-refractivity contribution < 1.29 is 0 Å². The molecule has 0 amide bonds. The summed E-state index contributed by atoms with van der Waals surface area (Å²) < 4.78 is 2.32. The molecule has 3 nitrogen and oxygen atoms in total.